The van der Waals surface area contributed by atoms with Gasteiger partial charge in [-0.2, -0.15) is 30.7 Å². The maximum atomic E-state index is 15.0. The lowest BCUT2D eigenvalue weighted by Crippen LogP contribution is -2.50. The molecule has 0 atom stereocenters. The SMILES string of the molecule is FC(F)(F)C(F)(F)C(F)(F)c1c2nc(cc3ccc(cc4nc(cc5ccc1[nH]5)C=C4)[nH]3)C=C2. The highest BCUT2D eigenvalue weighted by molar-refractivity contribution is 5.80. The number of H-pyrrole nitrogens is 2. The zero-order valence-electron chi connectivity index (χ0n) is 16.9. The average molecular weight is 478 g/mol. The number of halogens is 7. The number of hydrogen-bond acceptors (Lipinski definition) is 2. The van der Waals surface area contributed by atoms with E-state index in [1.54, 1.807) is 30.4 Å². The van der Waals surface area contributed by atoms with Crippen LogP contribution in [0.1, 0.15) is 28.3 Å². The smallest absolute Gasteiger partial charge is 0.355 e. The molecule has 0 amide bonds. The summed E-state index contributed by atoms with van der Waals surface area (Å²) < 4.78 is 96.9. The van der Waals surface area contributed by atoms with Gasteiger partial charge in [0.2, 0.25) is 0 Å². The molecule has 8 bridgehead atoms. The van der Waals surface area contributed by atoms with Crippen LogP contribution in [0.25, 0.3) is 46.4 Å². The second-order valence-corrected chi connectivity index (χ2v) is 7.70. The normalized spacial score (nSPS) is 14.1. The lowest BCUT2D eigenvalue weighted by atomic mass is 10.00. The molecule has 0 saturated carbocycles. The Morgan fingerprint density at radius 2 is 1.09 bits per heavy atom. The maximum absolute atomic E-state index is 15.0. The van der Waals surface area contributed by atoms with Gasteiger partial charge in [0.05, 0.1) is 33.9 Å². The fourth-order valence-electron chi connectivity index (χ4n) is 3.67. The quantitative estimate of drug-likeness (QED) is 0.270. The summed E-state index contributed by atoms with van der Waals surface area (Å²) in [5.41, 5.74) is -0.438. The monoisotopic (exact) mass is 478 g/mol. The lowest BCUT2D eigenvalue weighted by molar-refractivity contribution is -0.359. The van der Waals surface area contributed by atoms with E-state index in [0.29, 0.717) is 22.4 Å². The molecule has 0 fully saturated rings. The predicted molar refractivity (Wildman–Crippen MR) is 114 cm³/mol. The Hall–Kier alpha value is -3.89. The van der Waals surface area contributed by atoms with Gasteiger partial charge in [0.25, 0.3) is 0 Å². The van der Waals surface area contributed by atoms with E-state index in [-0.39, 0.29) is 11.2 Å². The van der Waals surface area contributed by atoms with Crippen LogP contribution in [0.5, 0.6) is 0 Å². The van der Waals surface area contributed by atoms with Crippen molar-refractivity contribution < 1.29 is 30.7 Å². The number of nitrogens with zero attached hydrogens (tertiary/aromatic N) is 2. The van der Waals surface area contributed by atoms with Crippen LogP contribution < -0.4 is 0 Å². The molecular formula is C23H13F7N4. The van der Waals surface area contributed by atoms with E-state index >= 15 is 0 Å². The maximum Gasteiger partial charge on any atom is 0.460 e. The van der Waals surface area contributed by atoms with Crippen LogP contribution in [0.15, 0.2) is 42.5 Å². The minimum atomic E-state index is -6.49. The summed E-state index contributed by atoms with van der Waals surface area (Å²) in [7, 11) is 0. The molecule has 5 rings (SSSR count). The van der Waals surface area contributed by atoms with E-state index in [1.807, 2.05) is 0 Å². The van der Waals surface area contributed by atoms with Crippen molar-refractivity contribution >= 4 is 46.4 Å². The summed E-state index contributed by atoms with van der Waals surface area (Å²) in [6.07, 6.45) is -0.917. The van der Waals surface area contributed by atoms with Gasteiger partial charge < -0.3 is 9.97 Å². The van der Waals surface area contributed by atoms with Crippen molar-refractivity contribution in [3.8, 4) is 0 Å². The first kappa shape index (κ1) is 21.9. The molecular weight excluding hydrogens is 465 g/mol. The van der Waals surface area contributed by atoms with Crippen molar-refractivity contribution in [1.29, 1.82) is 0 Å². The summed E-state index contributed by atoms with van der Waals surface area (Å²) >= 11 is 0. The standard InChI is InChI=1S/C23H13F7N4/c24-21(25,22(26,27)23(28,29)30)20-18-7-5-16(33-18)10-14-3-1-12(31-14)9-13-2-4-15(32-13)11-17-6-8-19(20)34-17/h1-11,31,34H. The first-order chi connectivity index (χ1) is 15.9. The van der Waals surface area contributed by atoms with E-state index in [1.165, 1.54) is 24.3 Å². The van der Waals surface area contributed by atoms with E-state index in [0.717, 1.165) is 12.1 Å². The Balaban J connectivity index is 1.88. The Morgan fingerprint density at radius 3 is 1.68 bits per heavy atom. The molecule has 2 N–H and O–H groups in total. The Morgan fingerprint density at radius 1 is 0.588 bits per heavy atom. The average Bonchev–Trinajstić information content (AvgIpc) is 3.52. The van der Waals surface area contributed by atoms with Crippen molar-refractivity contribution in [2.75, 3.05) is 0 Å². The van der Waals surface area contributed by atoms with Gasteiger partial charge in [-0.25, -0.2) is 9.97 Å². The first-order valence-electron chi connectivity index (χ1n) is 9.84. The van der Waals surface area contributed by atoms with Crippen LogP contribution >= 0.6 is 0 Å². The number of aromatic nitrogens is 4. The van der Waals surface area contributed by atoms with Crippen LogP contribution in [0.2, 0.25) is 0 Å². The Labute approximate surface area is 186 Å². The molecule has 2 aliphatic rings. The molecule has 2 aliphatic heterocycles. The second-order valence-electron chi connectivity index (χ2n) is 7.70. The summed E-state index contributed by atoms with van der Waals surface area (Å²) in [4.78, 5) is 13.8. The Bertz CT molecular complexity index is 1510. The van der Waals surface area contributed by atoms with Gasteiger partial charge in [0.15, 0.2) is 0 Å². The van der Waals surface area contributed by atoms with Crippen molar-refractivity contribution in [2.45, 2.75) is 18.0 Å². The molecule has 0 unspecified atom stereocenters. The van der Waals surface area contributed by atoms with Gasteiger partial charge in [0, 0.05) is 16.6 Å². The zero-order chi connectivity index (χ0) is 24.3. The van der Waals surface area contributed by atoms with Crippen molar-refractivity contribution in [3.05, 3.63) is 70.8 Å². The van der Waals surface area contributed by atoms with E-state index in [2.05, 4.69) is 19.9 Å². The van der Waals surface area contributed by atoms with Crippen LogP contribution in [0.3, 0.4) is 0 Å². The highest BCUT2D eigenvalue weighted by Crippen LogP contribution is 2.53. The minimum Gasteiger partial charge on any atom is -0.355 e. The summed E-state index contributed by atoms with van der Waals surface area (Å²) in [5, 5.41) is 0. The minimum absolute atomic E-state index is 0.0891. The topological polar surface area (TPSA) is 57.4 Å². The first-order valence-corrected chi connectivity index (χ1v) is 9.84. The number of alkyl halides is 7. The number of rotatable bonds is 2. The number of aromatic amines is 2. The van der Waals surface area contributed by atoms with Crippen molar-refractivity contribution in [1.82, 2.24) is 19.9 Å². The molecule has 174 valence electrons. The molecule has 0 spiro atoms. The second kappa shape index (κ2) is 7.31. The molecule has 5 heterocycles. The third-order valence-electron chi connectivity index (χ3n) is 5.28. The van der Waals surface area contributed by atoms with Crippen LogP contribution in [0, 0.1) is 0 Å². The summed E-state index contributed by atoms with van der Waals surface area (Å²) in [5.74, 6) is -12.0. The zero-order valence-corrected chi connectivity index (χ0v) is 16.9. The molecule has 0 aromatic carbocycles. The van der Waals surface area contributed by atoms with E-state index in [4.69, 9.17) is 0 Å². The molecule has 3 aromatic heterocycles. The van der Waals surface area contributed by atoms with Gasteiger partial charge in [-0.15, -0.1) is 0 Å². The lowest BCUT2D eigenvalue weighted by Gasteiger charge is -2.28. The Kier molecular flexibility index (Phi) is 4.71. The molecule has 34 heavy (non-hydrogen) atoms. The van der Waals surface area contributed by atoms with E-state index < -0.39 is 34.8 Å². The third kappa shape index (κ3) is 3.57. The van der Waals surface area contributed by atoms with Crippen LogP contribution in [-0.2, 0) is 5.92 Å². The largest absolute Gasteiger partial charge is 0.460 e. The van der Waals surface area contributed by atoms with Crippen molar-refractivity contribution in [3.63, 3.8) is 0 Å². The number of nitrogens with one attached hydrogen (secondary N) is 2. The summed E-state index contributed by atoms with van der Waals surface area (Å²) in [6.45, 7) is 0. The van der Waals surface area contributed by atoms with E-state index in [9.17, 15) is 30.7 Å². The van der Waals surface area contributed by atoms with Gasteiger partial charge in [-0.1, -0.05) is 0 Å². The fourth-order valence-corrected chi connectivity index (χ4v) is 3.67. The molecule has 0 saturated heterocycles. The molecule has 0 radical (unpaired) electrons. The van der Waals surface area contributed by atoms with Gasteiger partial charge >= 0.3 is 18.0 Å². The van der Waals surface area contributed by atoms with Gasteiger partial charge in [-0.05, 0) is 66.8 Å². The fraction of sp³-hybridized carbons (Fsp3) is 0.130. The summed E-state index contributed by atoms with van der Waals surface area (Å²) in [6, 6.07) is 10.4. The van der Waals surface area contributed by atoms with Crippen LogP contribution in [0.4, 0.5) is 30.7 Å². The predicted octanol–water partition coefficient (Wildman–Crippen LogP) is 6.95. The van der Waals surface area contributed by atoms with Gasteiger partial charge in [0.1, 0.15) is 0 Å². The van der Waals surface area contributed by atoms with Gasteiger partial charge in [-0.3, -0.25) is 0 Å². The number of fused-ring (bicyclic) bond motifs is 8. The highest BCUT2D eigenvalue weighted by atomic mass is 19.4. The molecule has 0 aliphatic carbocycles. The number of hydrogen-bond donors (Lipinski definition) is 2. The molecule has 4 nitrogen and oxygen atoms in total. The highest BCUT2D eigenvalue weighted by Gasteiger charge is 2.74. The third-order valence-corrected chi connectivity index (χ3v) is 5.28. The molecule has 3 aromatic rings. The van der Waals surface area contributed by atoms with Crippen molar-refractivity contribution in [2.24, 2.45) is 0 Å². The van der Waals surface area contributed by atoms with Crippen LogP contribution in [-0.4, -0.2) is 32.0 Å². The molecule has 11 heteroatoms.